The van der Waals surface area contributed by atoms with E-state index in [1.54, 1.807) is 12.1 Å². The first kappa shape index (κ1) is 18.6. The monoisotopic (exact) mass is 373 g/mol. The van der Waals surface area contributed by atoms with Gasteiger partial charge in [-0.3, -0.25) is 4.79 Å². The van der Waals surface area contributed by atoms with Gasteiger partial charge >= 0.3 is 0 Å². The Morgan fingerprint density at radius 3 is 2.19 bits per heavy atom. The average molecular weight is 373 g/mol. The number of sulfonamides is 1. The Balaban J connectivity index is 1.74. The summed E-state index contributed by atoms with van der Waals surface area (Å²) in [7, 11) is -1.54. The van der Waals surface area contributed by atoms with E-state index in [-0.39, 0.29) is 10.8 Å². The fraction of sp³-hybridized carbons (Fsp3) is 0.316. The van der Waals surface area contributed by atoms with Crippen LogP contribution >= 0.6 is 0 Å². The summed E-state index contributed by atoms with van der Waals surface area (Å²) in [6.45, 7) is 4.32. The molecule has 1 fully saturated rings. The molecule has 1 amide bonds. The lowest BCUT2D eigenvalue weighted by atomic mass is 10.1. The van der Waals surface area contributed by atoms with Crippen LogP contribution in [0.5, 0.6) is 0 Å². The zero-order valence-electron chi connectivity index (χ0n) is 15.0. The summed E-state index contributed by atoms with van der Waals surface area (Å²) in [6.07, 6.45) is 0. The molecule has 7 heteroatoms. The summed E-state index contributed by atoms with van der Waals surface area (Å²) in [4.78, 5) is 14.7. The molecule has 1 aliphatic heterocycles. The number of para-hydroxylation sites is 1. The maximum Gasteiger partial charge on any atom is 0.255 e. The third-order valence-corrected chi connectivity index (χ3v) is 6.52. The minimum absolute atomic E-state index is 0.217. The van der Waals surface area contributed by atoms with Crippen LogP contribution in [0.2, 0.25) is 0 Å². The summed E-state index contributed by atoms with van der Waals surface area (Å²) < 4.78 is 26.9. The number of nitrogens with zero attached hydrogens (tertiary/aromatic N) is 2. The molecule has 1 aliphatic rings. The molecule has 1 N–H and O–H groups in total. The van der Waals surface area contributed by atoms with E-state index in [9.17, 15) is 13.2 Å². The third kappa shape index (κ3) is 3.95. The summed E-state index contributed by atoms with van der Waals surface area (Å²) >= 11 is 0. The Morgan fingerprint density at radius 1 is 0.962 bits per heavy atom. The number of aryl methyl sites for hydroxylation is 1. The highest BCUT2D eigenvalue weighted by Crippen LogP contribution is 2.19. The third-order valence-electron chi connectivity index (χ3n) is 4.61. The van der Waals surface area contributed by atoms with E-state index < -0.39 is 10.0 Å². The first-order chi connectivity index (χ1) is 12.4. The van der Waals surface area contributed by atoms with Crippen LogP contribution in [-0.2, 0) is 10.0 Å². The molecular weight excluding hydrogens is 350 g/mol. The predicted octanol–water partition coefficient (Wildman–Crippen LogP) is 2.18. The lowest BCUT2D eigenvalue weighted by Gasteiger charge is -2.31. The van der Waals surface area contributed by atoms with Crippen molar-refractivity contribution in [1.29, 1.82) is 0 Å². The topological polar surface area (TPSA) is 69.7 Å². The minimum Gasteiger partial charge on any atom is -0.322 e. The molecule has 1 saturated heterocycles. The fourth-order valence-electron chi connectivity index (χ4n) is 2.86. The molecule has 0 bridgehead atoms. The van der Waals surface area contributed by atoms with Gasteiger partial charge in [0.05, 0.1) is 4.90 Å². The number of hydrogen-bond donors (Lipinski definition) is 1. The first-order valence-corrected chi connectivity index (χ1v) is 9.98. The van der Waals surface area contributed by atoms with Gasteiger partial charge in [0.15, 0.2) is 0 Å². The van der Waals surface area contributed by atoms with Gasteiger partial charge in [0.25, 0.3) is 5.91 Å². The van der Waals surface area contributed by atoms with Crippen molar-refractivity contribution in [3.8, 4) is 0 Å². The van der Waals surface area contributed by atoms with Gasteiger partial charge in [-0.05, 0) is 49.9 Å². The van der Waals surface area contributed by atoms with Crippen LogP contribution in [0, 0.1) is 6.92 Å². The number of rotatable bonds is 4. The Morgan fingerprint density at radius 2 is 1.58 bits per heavy atom. The van der Waals surface area contributed by atoms with Crippen molar-refractivity contribution in [2.45, 2.75) is 11.8 Å². The lowest BCUT2D eigenvalue weighted by Crippen LogP contribution is -2.47. The van der Waals surface area contributed by atoms with Crippen molar-refractivity contribution in [3.63, 3.8) is 0 Å². The second kappa shape index (κ2) is 7.57. The maximum atomic E-state index is 12.7. The summed E-state index contributed by atoms with van der Waals surface area (Å²) in [5.41, 5.74) is 2.13. The maximum absolute atomic E-state index is 12.7. The van der Waals surface area contributed by atoms with Gasteiger partial charge in [-0.15, -0.1) is 0 Å². The van der Waals surface area contributed by atoms with Gasteiger partial charge in [0.2, 0.25) is 10.0 Å². The number of nitrogens with one attached hydrogen (secondary N) is 1. The lowest BCUT2D eigenvalue weighted by molar-refractivity contribution is 0.102. The molecule has 0 aliphatic carbocycles. The molecule has 0 unspecified atom stereocenters. The Labute approximate surface area is 154 Å². The molecule has 0 saturated carbocycles. The van der Waals surface area contributed by atoms with Gasteiger partial charge in [-0.2, -0.15) is 4.31 Å². The van der Waals surface area contributed by atoms with E-state index in [0.717, 1.165) is 24.3 Å². The van der Waals surface area contributed by atoms with Gasteiger partial charge in [0, 0.05) is 37.4 Å². The first-order valence-electron chi connectivity index (χ1n) is 8.53. The van der Waals surface area contributed by atoms with Crippen LogP contribution < -0.4 is 5.32 Å². The van der Waals surface area contributed by atoms with E-state index in [1.807, 2.05) is 38.2 Å². The van der Waals surface area contributed by atoms with E-state index in [4.69, 9.17) is 0 Å². The second-order valence-corrected chi connectivity index (χ2v) is 8.44. The molecule has 0 radical (unpaired) electrons. The largest absolute Gasteiger partial charge is 0.322 e. The van der Waals surface area contributed by atoms with Crippen LogP contribution in [0.25, 0.3) is 0 Å². The van der Waals surface area contributed by atoms with Crippen molar-refractivity contribution in [2.75, 3.05) is 38.5 Å². The van der Waals surface area contributed by atoms with E-state index in [2.05, 4.69) is 10.2 Å². The Bertz CT molecular complexity index is 887. The molecule has 2 aromatic rings. The Kier molecular flexibility index (Phi) is 5.41. The number of piperazine rings is 1. The van der Waals surface area contributed by atoms with Gasteiger partial charge in [0.1, 0.15) is 0 Å². The quantitative estimate of drug-likeness (QED) is 0.892. The number of hydrogen-bond acceptors (Lipinski definition) is 4. The number of anilines is 1. The zero-order chi connectivity index (χ0) is 18.7. The standard InChI is InChI=1S/C19H23N3O3S/c1-15-5-3-4-6-18(15)20-19(23)16-7-9-17(10-8-16)26(24,25)22-13-11-21(2)12-14-22/h3-10H,11-14H2,1-2H3,(H,20,23). The minimum atomic E-state index is -3.52. The second-order valence-electron chi connectivity index (χ2n) is 6.50. The van der Waals surface area contributed by atoms with Gasteiger partial charge < -0.3 is 10.2 Å². The van der Waals surface area contributed by atoms with Crippen LogP contribution in [0.15, 0.2) is 53.4 Å². The molecule has 138 valence electrons. The average Bonchev–Trinajstić information content (AvgIpc) is 2.64. The number of amides is 1. The van der Waals surface area contributed by atoms with Crippen molar-refractivity contribution < 1.29 is 13.2 Å². The highest BCUT2D eigenvalue weighted by Gasteiger charge is 2.27. The van der Waals surface area contributed by atoms with Crippen molar-refractivity contribution in [2.24, 2.45) is 0 Å². The normalized spacial score (nSPS) is 16.4. The SMILES string of the molecule is Cc1ccccc1NC(=O)c1ccc(S(=O)(=O)N2CCN(C)CC2)cc1. The van der Waals surface area contributed by atoms with Crippen LogP contribution in [-0.4, -0.2) is 56.8 Å². The highest BCUT2D eigenvalue weighted by molar-refractivity contribution is 7.89. The summed E-state index contributed by atoms with van der Waals surface area (Å²) in [5, 5.41) is 2.85. The van der Waals surface area contributed by atoms with Crippen LogP contribution in [0.3, 0.4) is 0 Å². The zero-order valence-corrected chi connectivity index (χ0v) is 15.8. The highest BCUT2D eigenvalue weighted by atomic mass is 32.2. The molecule has 3 rings (SSSR count). The number of likely N-dealkylation sites (N-methyl/N-ethyl adjacent to an activating group) is 1. The van der Waals surface area contributed by atoms with E-state index in [1.165, 1.54) is 16.4 Å². The van der Waals surface area contributed by atoms with E-state index in [0.29, 0.717) is 18.7 Å². The van der Waals surface area contributed by atoms with Crippen molar-refractivity contribution in [3.05, 3.63) is 59.7 Å². The van der Waals surface area contributed by atoms with Crippen LogP contribution in [0.1, 0.15) is 15.9 Å². The van der Waals surface area contributed by atoms with Gasteiger partial charge in [-0.25, -0.2) is 8.42 Å². The summed E-state index contributed by atoms with van der Waals surface area (Å²) in [5.74, 6) is -0.261. The molecule has 6 nitrogen and oxygen atoms in total. The number of carbonyl (C=O) groups excluding carboxylic acids is 1. The molecule has 26 heavy (non-hydrogen) atoms. The van der Waals surface area contributed by atoms with Crippen molar-refractivity contribution >= 4 is 21.6 Å². The van der Waals surface area contributed by atoms with Crippen molar-refractivity contribution in [1.82, 2.24) is 9.21 Å². The molecule has 0 spiro atoms. The Hall–Kier alpha value is -2.22. The molecule has 0 atom stereocenters. The molecule has 0 aromatic heterocycles. The predicted molar refractivity (Wildman–Crippen MR) is 102 cm³/mol. The smallest absolute Gasteiger partial charge is 0.255 e. The van der Waals surface area contributed by atoms with E-state index >= 15 is 0 Å². The van der Waals surface area contributed by atoms with Gasteiger partial charge in [-0.1, -0.05) is 18.2 Å². The molecular formula is C19H23N3O3S. The number of carbonyl (C=O) groups is 1. The molecule has 2 aromatic carbocycles. The fourth-order valence-corrected chi connectivity index (χ4v) is 4.29. The number of benzene rings is 2. The summed E-state index contributed by atoms with van der Waals surface area (Å²) in [6, 6.07) is 13.6. The molecule has 1 heterocycles. The van der Waals surface area contributed by atoms with Crippen LogP contribution in [0.4, 0.5) is 5.69 Å².